The molecule has 1 N–H and O–H groups in total. The number of nitrogens with one attached hydrogen (secondary N) is 1. The summed E-state index contributed by atoms with van der Waals surface area (Å²) >= 11 is 1.42. The van der Waals surface area contributed by atoms with E-state index in [1.54, 1.807) is 38.1 Å². The highest BCUT2D eigenvalue weighted by molar-refractivity contribution is 8.15. The van der Waals surface area contributed by atoms with Crippen LogP contribution in [-0.4, -0.2) is 31.0 Å². The molecule has 0 radical (unpaired) electrons. The Kier molecular flexibility index (Phi) is 14.1. The Bertz CT molecular complexity index is 1320. The summed E-state index contributed by atoms with van der Waals surface area (Å²) in [5.41, 5.74) is 2.92. The zero-order chi connectivity index (χ0) is 30.4. The van der Waals surface area contributed by atoms with Crippen molar-refractivity contribution in [3.63, 3.8) is 0 Å². The number of aryl methyl sites for hydroxylation is 3. The fourth-order valence-corrected chi connectivity index (χ4v) is 7.66. The van der Waals surface area contributed by atoms with Crippen LogP contribution in [-0.2, 0) is 14.9 Å². The fourth-order valence-electron chi connectivity index (χ4n) is 5.34. The van der Waals surface area contributed by atoms with Crippen molar-refractivity contribution in [3.05, 3.63) is 58.7 Å². The zero-order valence-corrected chi connectivity index (χ0v) is 27.3. The molecule has 0 aromatic heterocycles. The van der Waals surface area contributed by atoms with E-state index in [4.69, 9.17) is 4.18 Å². The van der Waals surface area contributed by atoms with Crippen molar-refractivity contribution >= 4 is 39.2 Å². The highest BCUT2D eigenvalue weighted by Gasteiger charge is 2.29. The molecule has 42 heavy (non-hydrogen) atoms. The van der Waals surface area contributed by atoms with Gasteiger partial charge >= 0.3 is 10.1 Å². The molecule has 3 rings (SSSR count). The van der Waals surface area contributed by atoms with Gasteiger partial charge in [-0.15, -0.1) is 5.10 Å². The third kappa shape index (κ3) is 11.2. The quantitative estimate of drug-likeness (QED) is 0.0788. The molecular formula is C33H47N3O4S2. The molecule has 2 aromatic carbocycles. The third-order valence-electron chi connectivity index (χ3n) is 7.37. The molecule has 0 bridgehead atoms. The molecule has 0 aliphatic carbocycles. The number of unbranched alkanes of at least 4 members (excludes halogenated alkanes) is 11. The number of benzene rings is 2. The largest absolute Gasteiger partial charge is 0.379 e. The van der Waals surface area contributed by atoms with Gasteiger partial charge in [-0.25, -0.2) is 0 Å². The number of carbonyl (C=O) groups excluding carboxylic acids is 1. The van der Waals surface area contributed by atoms with Crippen molar-refractivity contribution in [1.29, 1.82) is 0 Å². The number of nitrogens with zero attached hydrogens (tertiary/aromatic N) is 2. The summed E-state index contributed by atoms with van der Waals surface area (Å²) in [4.78, 5) is 12.6. The molecule has 0 saturated carbocycles. The molecule has 1 unspecified atom stereocenters. The van der Waals surface area contributed by atoms with Gasteiger partial charge in [-0.1, -0.05) is 126 Å². The van der Waals surface area contributed by atoms with Crippen LogP contribution in [0.4, 0.5) is 0 Å². The van der Waals surface area contributed by atoms with E-state index in [1.165, 1.54) is 82.2 Å². The van der Waals surface area contributed by atoms with Crippen LogP contribution in [0.25, 0.3) is 0 Å². The standard InChI is InChI=1S/C33H47N3O4S2/c1-5-6-7-8-9-10-11-12-13-14-15-16-20-30-32(37)35-33(41-30)36-34-24-28-18-17-19-29(23-28)40-42(38,39)31-26(3)21-25(2)22-27(31)4/h17-19,21-24,30H,5-16,20H2,1-4H3,(H,35,36,37)/b34-24+. The first-order valence-corrected chi connectivity index (χ1v) is 17.7. The van der Waals surface area contributed by atoms with E-state index in [0.717, 1.165) is 24.8 Å². The maximum absolute atomic E-state index is 13.0. The van der Waals surface area contributed by atoms with Crippen LogP contribution in [0.2, 0.25) is 0 Å². The highest BCUT2D eigenvalue weighted by atomic mass is 32.2. The van der Waals surface area contributed by atoms with Crippen molar-refractivity contribution in [3.8, 4) is 5.75 Å². The lowest BCUT2D eigenvalue weighted by Gasteiger charge is -2.13. The molecule has 230 valence electrons. The van der Waals surface area contributed by atoms with Gasteiger partial charge in [-0.2, -0.15) is 13.5 Å². The topological polar surface area (TPSA) is 97.2 Å². The maximum atomic E-state index is 13.0. The minimum atomic E-state index is -4.00. The Morgan fingerprint density at radius 1 is 0.881 bits per heavy atom. The highest BCUT2D eigenvalue weighted by Crippen LogP contribution is 2.27. The van der Waals surface area contributed by atoms with E-state index in [9.17, 15) is 13.2 Å². The Balaban J connectivity index is 1.41. The van der Waals surface area contributed by atoms with Crippen LogP contribution >= 0.6 is 11.8 Å². The summed E-state index contributed by atoms with van der Waals surface area (Å²) in [5.74, 6) is 0.177. The Morgan fingerprint density at radius 2 is 1.48 bits per heavy atom. The molecule has 1 atom stereocenters. The van der Waals surface area contributed by atoms with Gasteiger partial charge in [0.15, 0.2) is 5.17 Å². The molecule has 1 fully saturated rings. The summed E-state index contributed by atoms with van der Waals surface area (Å²) in [6.45, 7) is 7.72. The maximum Gasteiger partial charge on any atom is 0.339 e. The van der Waals surface area contributed by atoms with E-state index in [-0.39, 0.29) is 21.8 Å². The second-order valence-corrected chi connectivity index (χ2v) is 13.9. The lowest BCUT2D eigenvalue weighted by Crippen LogP contribution is -2.24. The summed E-state index contributed by atoms with van der Waals surface area (Å²) in [6.07, 6.45) is 17.9. The van der Waals surface area contributed by atoms with Gasteiger partial charge in [0.2, 0.25) is 5.91 Å². The van der Waals surface area contributed by atoms with Crippen LogP contribution in [0, 0.1) is 20.8 Å². The molecule has 7 nitrogen and oxygen atoms in total. The van der Waals surface area contributed by atoms with Gasteiger partial charge in [0, 0.05) is 0 Å². The van der Waals surface area contributed by atoms with Gasteiger partial charge in [0.1, 0.15) is 10.6 Å². The van der Waals surface area contributed by atoms with E-state index in [1.807, 2.05) is 19.1 Å². The first-order chi connectivity index (χ1) is 20.2. The van der Waals surface area contributed by atoms with Gasteiger partial charge in [0.05, 0.1) is 11.5 Å². The number of amides is 1. The molecule has 1 aliphatic rings. The molecule has 1 heterocycles. The van der Waals surface area contributed by atoms with E-state index in [0.29, 0.717) is 21.9 Å². The Hall–Kier alpha value is -2.65. The predicted molar refractivity (Wildman–Crippen MR) is 175 cm³/mol. The molecular weight excluding hydrogens is 567 g/mol. The fraction of sp³-hybridized carbons (Fsp3) is 0.545. The van der Waals surface area contributed by atoms with Crippen LogP contribution in [0.3, 0.4) is 0 Å². The number of amidine groups is 1. The third-order valence-corrected chi connectivity index (χ3v) is 10.1. The number of hydrogen-bond acceptors (Lipinski definition) is 7. The summed E-state index contributed by atoms with van der Waals surface area (Å²) in [7, 11) is -4.00. The average molecular weight is 614 g/mol. The first-order valence-electron chi connectivity index (χ1n) is 15.4. The number of rotatable bonds is 18. The van der Waals surface area contributed by atoms with Gasteiger partial charge in [-0.05, 0) is 56.0 Å². The van der Waals surface area contributed by atoms with Crippen LogP contribution in [0.5, 0.6) is 5.75 Å². The summed E-state index contributed by atoms with van der Waals surface area (Å²) < 4.78 is 31.4. The average Bonchev–Trinajstić information content (AvgIpc) is 3.27. The zero-order valence-electron chi connectivity index (χ0n) is 25.7. The SMILES string of the molecule is CCCCCCCCCCCCCCC1S/C(=N\N=C\c2cccc(OS(=O)(=O)c3c(C)cc(C)cc3C)c2)NC1=O. The summed E-state index contributed by atoms with van der Waals surface area (Å²) in [6, 6.07) is 10.3. The van der Waals surface area contributed by atoms with Crippen molar-refractivity contribution in [2.75, 3.05) is 0 Å². The lowest BCUT2D eigenvalue weighted by atomic mass is 10.0. The van der Waals surface area contributed by atoms with Crippen LogP contribution in [0.1, 0.15) is 113 Å². The Labute approximate surface area is 257 Å². The predicted octanol–water partition coefficient (Wildman–Crippen LogP) is 8.39. The van der Waals surface area contributed by atoms with Crippen LogP contribution in [0.15, 0.2) is 51.5 Å². The van der Waals surface area contributed by atoms with Crippen molar-refractivity contribution in [2.24, 2.45) is 10.2 Å². The van der Waals surface area contributed by atoms with Crippen molar-refractivity contribution in [2.45, 2.75) is 121 Å². The summed E-state index contributed by atoms with van der Waals surface area (Å²) in [5, 5.41) is 11.5. The molecule has 2 aromatic rings. The molecule has 1 aliphatic heterocycles. The smallest absolute Gasteiger partial charge is 0.339 e. The first kappa shape index (κ1) is 33.8. The van der Waals surface area contributed by atoms with Crippen molar-refractivity contribution < 1.29 is 17.4 Å². The number of hydrogen-bond donors (Lipinski definition) is 1. The van der Waals surface area contributed by atoms with Gasteiger partial charge < -0.3 is 9.50 Å². The van der Waals surface area contributed by atoms with Crippen LogP contribution < -0.4 is 9.50 Å². The Morgan fingerprint density at radius 3 is 2.10 bits per heavy atom. The second-order valence-electron chi connectivity index (χ2n) is 11.3. The number of carbonyl (C=O) groups is 1. The second kappa shape index (κ2) is 17.5. The lowest BCUT2D eigenvalue weighted by molar-refractivity contribution is -0.118. The van der Waals surface area contributed by atoms with Gasteiger partial charge in [0.25, 0.3) is 0 Å². The van der Waals surface area contributed by atoms with E-state index >= 15 is 0 Å². The van der Waals surface area contributed by atoms with E-state index in [2.05, 4.69) is 22.4 Å². The molecule has 0 spiro atoms. The molecule has 1 saturated heterocycles. The normalized spacial score (nSPS) is 16.4. The van der Waals surface area contributed by atoms with E-state index < -0.39 is 10.1 Å². The minimum Gasteiger partial charge on any atom is -0.379 e. The van der Waals surface area contributed by atoms with Gasteiger partial charge in [-0.3, -0.25) is 4.79 Å². The van der Waals surface area contributed by atoms with Crippen molar-refractivity contribution in [1.82, 2.24) is 5.32 Å². The molecule has 1 amide bonds. The minimum absolute atomic E-state index is 0.0145. The monoisotopic (exact) mass is 613 g/mol. The molecule has 9 heteroatoms. The number of thioether (sulfide) groups is 1.